The molecule has 0 unspecified atom stereocenters. The molecule has 30 heavy (non-hydrogen) atoms. The number of fused-ring (bicyclic) bond motifs is 2. The van der Waals surface area contributed by atoms with Gasteiger partial charge in [0.25, 0.3) is 0 Å². The lowest BCUT2D eigenvalue weighted by molar-refractivity contribution is 1.30. The lowest BCUT2D eigenvalue weighted by atomic mass is 10.1. The second-order valence-electron chi connectivity index (χ2n) is 6.63. The molecule has 0 amide bonds. The van der Waals surface area contributed by atoms with Crippen LogP contribution in [0.2, 0.25) is 0 Å². The average Bonchev–Trinajstić information content (AvgIpc) is 2.81. The number of aromatic nitrogens is 2. The maximum Gasteiger partial charge on any atom is 0.0527 e. The minimum Gasteiger partial charge on any atom is -0.354 e. The van der Waals surface area contributed by atoms with Gasteiger partial charge in [-0.15, -0.1) is 0 Å². The minimum atomic E-state index is 0.906. The van der Waals surface area contributed by atoms with Crippen LogP contribution in [0, 0.1) is 23.7 Å². The Morgan fingerprint density at radius 3 is 1.57 bits per heavy atom. The molecule has 1 aliphatic heterocycles. The highest BCUT2D eigenvalue weighted by molar-refractivity contribution is 7.99. The first-order valence-electron chi connectivity index (χ1n) is 9.41. The fourth-order valence-electron chi connectivity index (χ4n) is 3.00. The van der Waals surface area contributed by atoms with Gasteiger partial charge in [0, 0.05) is 56.8 Å². The van der Waals surface area contributed by atoms with Crippen LogP contribution in [0.1, 0.15) is 22.3 Å². The van der Waals surface area contributed by atoms with Crippen molar-refractivity contribution in [2.24, 2.45) is 0 Å². The highest BCUT2D eigenvalue weighted by Crippen LogP contribution is 2.44. The molecule has 5 rings (SSSR count). The van der Waals surface area contributed by atoms with Crippen LogP contribution < -0.4 is 5.32 Å². The normalized spacial score (nSPS) is 10.9. The van der Waals surface area contributed by atoms with E-state index >= 15 is 0 Å². The van der Waals surface area contributed by atoms with E-state index < -0.39 is 0 Å². The fourth-order valence-corrected chi connectivity index (χ4v) is 4.07. The van der Waals surface area contributed by atoms with Crippen LogP contribution in [0.5, 0.6) is 0 Å². The van der Waals surface area contributed by atoms with Gasteiger partial charge in [-0.2, -0.15) is 0 Å². The Bertz CT molecular complexity index is 1240. The zero-order chi connectivity index (χ0) is 20.2. The predicted molar refractivity (Wildman–Crippen MR) is 121 cm³/mol. The standard InChI is InChI=1S/C26H15N3S/c1-3-21(17-27-13-1)7-5-19-9-11-23-25(15-19)30-26-16-20(10-12-24(26)29-23)6-8-22-4-2-14-28-18-22/h1-4,9-18,29H. The lowest BCUT2D eigenvalue weighted by Gasteiger charge is -2.21. The summed E-state index contributed by atoms with van der Waals surface area (Å²) in [4.78, 5) is 10.5. The number of nitrogens with zero attached hydrogens (tertiary/aromatic N) is 2. The molecule has 0 bridgehead atoms. The largest absolute Gasteiger partial charge is 0.354 e. The number of anilines is 2. The molecule has 0 saturated heterocycles. The first kappa shape index (κ1) is 18.1. The first-order valence-corrected chi connectivity index (χ1v) is 10.2. The van der Waals surface area contributed by atoms with Crippen LogP contribution in [-0.2, 0) is 0 Å². The summed E-state index contributed by atoms with van der Waals surface area (Å²) in [5, 5.41) is 3.51. The zero-order valence-corrected chi connectivity index (χ0v) is 16.7. The van der Waals surface area contributed by atoms with Gasteiger partial charge in [-0.25, -0.2) is 0 Å². The second kappa shape index (κ2) is 8.17. The molecule has 2 aromatic heterocycles. The number of benzene rings is 2. The summed E-state index contributed by atoms with van der Waals surface area (Å²) in [5.41, 5.74) is 5.94. The van der Waals surface area contributed by atoms with E-state index in [2.05, 4.69) is 63.2 Å². The van der Waals surface area contributed by atoms with Crippen molar-refractivity contribution in [3.63, 3.8) is 0 Å². The van der Waals surface area contributed by atoms with Crippen molar-refractivity contribution in [3.8, 4) is 23.7 Å². The van der Waals surface area contributed by atoms with Gasteiger partial charge < -0.3 is 5.32 Å². The third-order valence-corrected chi connectivity index (χ3v) is 5.59. The monoisotopic (exact) mass is 401 g/mol. The molecular weight excluding hydrogens is 386 g/mol. The summed E-state index contributed by atoms with van der Waals surface area (Å²) in [6, 6.07) is 20.2. The Kier molecular flexibility index (Phi) is 4.92. The summed E-state index contributed by atoms with van der Waals surface area (Å²) in [6.07, 6.45) is 7.04. The maximum absolute atomic E-state index is 4.10. The number of pyridine rings is 2. The van der Waals surface area contributed by atoms with Crippen molar-refractivity contribution < 1.29 is 0 Å². The third-order valence-electron chi connectivity index (χ3n) is 4.48. The number of nitrogens with one attached hydrogen (secondary N) is 1. The van der Waals surface area contributed by atoms with Crippen LogP contribution in [0.4, 0.5) is 11.4 Å². The van der Waals surface area contributed by atoms with E-state index in [1.807, 2.05) is 36.4 Å². The van der Waals surface area contributed by atoms with Crippen molar-refractivity contribution >= 4 is 23.1 Å². The molecule has 1 N–H and O–H groups in total. The Morgan fingerprint density at radius 2 is 1.10 bits per heavy atom. The van der Waals surface area contributed by atoms with Gasteiger partial charge in [0.15, 0.2) is 0 Å². The topological polar surface area (TPSA) is 37.8 Å². The van der Waals surface area contributed by atoms with Gasteiger partial charge in [0.05, 0.1) is 11.4 Å². The molecule has 2 aromatic carbocycles. The Morgan fingerprint density at radius 1 is 0.600 bits per heavy atom. The molecule has 4 heteroatoms. The van der Waals surface area contributed by atoms with Gasteiger partial charge >= 0.3 is 0 Å². The van der Waals surface area contributed by atoms with E-state index in [-0.39, 0.29) is 0 Å². The van der Waals surface area contributed by atoms with Crippen molar-refractivity contribution in [1.29, 1.82) is 0 Å². The van der Waals surface area contributed by atoms with E-state index in [0.717, 1.165) is 43.4 Å². The van der Waals surface area contributed by atoms with Crippen LogP contribution in [0.25, 0.3) is 0 Å². The first-order chi connectivity index (χ1) is 14.8. The Hall–Kier alpha value is -3.99. The lowest BCUT2D eigenvalue weighted by Crippen LogP contribution is -2.00. The number of hydrogen-bond acceptors (Lipinski definition) is 4. The smallest absolute Gasteiger partial charge is 0.0527 e. The Labute approximate surface area is 179 Å². The number of hydrogen-bond donors (Lipinski definition) is 1. The molecule has 3 nitrogen and oxygen atoms in total. The van der Waals surface area contributed by atoms with Crippen LogP contribution in [0.3, 0.4) is 0 Å². The van der Waals surface area contributed by atoms with Crippen molar-refractivity contribution in [1.82, 2.24) is 9.97 Å². The minimum absolute atomic E-state index is 0.906. The van der Waals surface area contributed by atoms with Gasteiger partial charge in [0.1, 0.15) is 0 Å². The molecule has 0 radical (unpaired) electrons. The zero-order valence-electron chi connectivity index (χ0n) is 15.9. The quantitative estimate of drug-likeness (QED) is 0.349. The third kappa shape index (κ3) is 4.05. The highest BCUT2D eigenvalue weighted by atomic mass is 32.2. The van der Waals surface area contributed by atoms with Gasteiger partial charge in [-0.3, -0.25) is 9.97 Å². The summed E-state index contributed by atoms with van der Waals surface area (Å²) in [7, 11) is 0. The second-order valence-corrected chi connectivity index (χ2v) is 7.72. The highest BCUT2D eigenvalue weighted by Gasteiger charge is 2.16. The van der Waals surface area contributed by atoms with Gasteiger partial charge in [-0.1, -0.05) is 35.4 Å². The predicted octanol–water partition coefficient (Wildman–Crippen LogP) is 5.48. The Balaban J connectivity index is 1.40. The van der Waals surface area contributed by atoms with Gasteiger partial charge in [-0.05, 0) is 60.7 Å². The van der Waals surface area contributed by atoms with E-state index in [4.69, 9.17) is 0 Å². The van der Waals surface area contributed by atoms with E-state index in [0.29, 0.717) is 0 Å². The average molecular weight is 401 g/mol. The molecule has 0 atom stereocenters. The SMILES string of the molecule is C(#Cc1ccc2c(c1)Sc1cc(C#Cc3cccnc3)ccc1N2)c1cccnc1. The molecule has 0 fully saturated rings. The van der Waals surface area contributed by atoms with E-state index in [9.17, 15) is 0 Å². The summed E-state index contributed by atoms with van der Waals surface area (Å²) >= 11 is 1.73. The van der Waals surface area contributed by atoms with E-state index in [1.54, 1.807) is 36.5 Å². The summed E-state index contributed by atoms with van der Waals surface area (Å²) < 4.78 is 0. The number of rotatable bonds is 0. The molecule has 0 saturated carbocycles. The molecule has 4 aromatic rings. The summed E-state index contributed by atoms with van der Waals surface area (Å²) in [5.74, 6) is 12.8. The molecule has 0 aliphatic carbocycles. The molecular formula is C26H15N3S. The summed E-state index contributed by atoms with van der Waals surface area (Å²) in [6.45, 7) is 0. The van der Waals surface area contributed by atoms with Crippen LogP contribution in [-0.4, -0.2) is 9.97 Å². The van der Waals surface area contributed by atoms with Crippen molar-refractivity contribution in [2.75, 3.05) is 5.32 Å². The molecule has 0 spiro atoms. The molecule has 3 heterocycles. The molecule has 1 aliphatic rings. The molecule has 140 valence electrons. The van der Waals surface area contributed by atoms with Gasteiger partial charge in [0.2, 0.25) is 0 Å². The van der Waals surface area contributed by atoms with Crippen LogP contribution >= 0.6 is 11.8 Å². The fraction of sp³-hybridized carbons (Fsp3) is 0. The van der Waals surface area contributed by atoms with E-state index in [1.165, 1.54) is 0 Å². The van der Waals surface area contributed by atoms with Crippen molar-refractivity contribution in [2.45, 2.75) is 9.79 Å². The maximum atomic E-state index is 4.10. The van der Waals surface area contributed by atoms with Crippen molar-refractivity contribution in [3.05, 3.63) is 108 Å². The van der Waals surface area contributed by atoms with Crippen LogP contribution in [0.15, 0.2) is 95.2 Å².